The number of hydrogen-bond donors (Lipinski definition) is 3. The van der Waals surface area contributed by atoms with E-state index >= 15 is 0 Å². The van der Waals surface area contributed by atoms with Crippen molar-refractivity contribution in [2.45, 2.75) is 32.0 Å². The number of aliphatic hydroxyl groups excluding tert-OH is 1. The van der Waals surface area contributed by atoms with Crippen molar-refractivity contribution in [2.24, 2.45) is 5.73 Å². The third-order valence-corrected chi connectivity index (χ3v) is 4.80. The lowest BCUT2D eigenvalue weighted by Gasteiger charge is -2.13. The predicted octanol–water partition coefficient (Wildman–Crippen LogP) is 1.84. The van der Waals surface area contributed by atoms with Crippen molar-refractivity contribution in [2.75, 3.05) is 5.32 Å². The number of anilines is 1. The molecule has 0 spiro atoms. The Morgan fingerprint density at radius 2 is 2.00 bits per heavy atom. The first-order chi connectivity index (χ1) is 13.1. The summed E-state index contributed by atoms with van der Waals surface area (Å²) in [6.07, 6.45) is 2.32. The lowest BCUT2D eigenvalue weighted by Crippen LogP contribution is -2.24. The van der Waals surface area contributed by atoms with Crippen LogP contribution in [0.2, 0.25) is 0 Å². The highest BCUT2D eigenvalue weighted by Crippen LogP contribution is 2.25. The smallest absolute Gasteiger partial charge is 0.228 e. The number of fused-ring (bicyclic) bond motifs is 1. The fourth-order valence-electron chi connectivity index (χ4n) is 3.51. The number of hydrogen-bond acceptors (Lipinski definition) is 4. The first-order valence-corrected chi connectivity index (χ1v) is 9.00. The lowest BCUT2D eigenvalue weighted by molar-refractivity contribution is -0.115. The minimum Gasteiger partial charge on any atom is -0.378 e. The molecule has 4 rings (SSSR count). The third kappa shape index (κ3) is 3.92. The fraction of sp³-hybridized carbons (Fsp3) is 0.238. The van der Waals surface area contributed by atoms with Gasteiger partial charge in [0.05, 0.1) is 18.4 Å². The molecular formula is C21H22N4O2. The van der Waals surface area contributed by atoms with Crippen molar-refractivity contribution in [1.29, 1.82) is 0 Å². The van der Waals surface area contributed by atoms with Gasteiger partial charge in [-0.3, -0.25) is 4.79 Å². The van der Waals surface area contributed by atoms with E-state index in [1.165, 1.54) is 0 Å². The maximum Gasteiger partial charge on any atom is 0.228 e. The molecule has 0 aliphatic carbocycles. The van der Waals surface area contributed by atoms with Gasteiger partial charge in [-0.25, -0.2) is 4.98 Å². The number of aromatic nitrogens is 2. The van der Waals surface area contributed by atoms with E-state index in [4.69, 9.17) is 5.73 Å². The van der Waals surface area contributed by atoms with Crippen LogP contribution < -0.4 is 11.1 Å². The second-order valence-corrected chi connectivity index (χ2v) is 6.92. The number of carbonyl (C=O) groups excluding carboxylic acids is 1. The average Bonchev–Trinajstić information content (AvgIpc) is 3.18. The van der Waals surface area contributed by atoms with Crippen molar-refractivity contribution in [3.8, 4) is 0 Å². The van der Waals surface area contributed by atoms with Gasteiger partial charge in [0.15, 0.2) is 0 Å². The lowest BCUT2D eigenvalue weighted by atomic mass is 10.1. The van der Waals surface area contributed by atoms with Crippen molar-refractivity contribution in [1.82, 2.24) is 9.55 Å². The quantitative estimate of drug-likeness (QED) is 0.583. The molecule has 0 fully saturated rings. The van der Waals surface area contributed by atoms with Gasteiger partial charge < -0.3 is 20.7 Å². The molecule has 1 aliphatic heterocycles. The van der Waals surface area contributed by atoms with Crippen LogP contribution in [0.25, 0.3) is 0 Å². The molecule has 0 saturated heterocycles. The summed E-state index contributed by atoms with van der Waals surface area (Å²) in [5, 5.41) is 12.6. The predicted molar refractivity (Wildman–Crippen MR) is 103 cm³/mol. The van der Waals surface area contributed by atoms with Crippen LogP contribution in [0.15, 0.2) is 54.9 Å². The average molecular weight is 362 g/mol. The molecule has 27 heavy (non-hydrogen) atoms. The largest absolute Gasteiger partial charge is 0.378 e. The van der Waals surface area contributed by atoms with E-state index in [9.17, 15) is 9.90 Å². The fourth-order valence-corrected chi connectivity index (χ4v) is 3.51. The molecule has 2 aromatic carbocycles. The number of benzene rings is 2. The first kappa shape index (κ1) is 17.5. The molecule has 2 heterocycles. The summed E-state index contributed by atoms with van der Waals surface area (Å²) in [5.41, 5.74) is 11.6. The molecule has 1 amide bonds. The second-order valence-electron chi connectivity index (χ2n) is 6.92. The van der Waals surface area contributed by atoms with E-state index < -0.39 is 6.23 Å². The number of nitrogens with two attached hydrogens (primary N) is 1. The highest BCUT2D eigenvalue weighted by Gasteiger charge is 2.18. The van der Waals surface area contributed by atoms with Gasteiger partial charge in [0.25, 0.3) is 0 Å². The minimum atomic E-state index is -0.936. The van der Waals surface area contributed by atoms with Gasteiger partial charge in [-0.15, -0.1) is 0 Å². The molecule has 1 aliphatic rings. The molecule has 1 aromatic heterocycles. The van der Waals surface area contributed by atoms with Crippen LogP contribution in [0.3, 0.4) is 0 Å². The Morgan fingerprint density at radius 1 is 1.19 bits per heavy atom. The van der Waals surface area contributed by atoms with E-state index in [-0.39, 0.29) is 5.91 Å². The Bertz CT molecular complexity index is 964. The zero-order valence-corrected chi connectivity index (χ0v) is 14.9. The zero-order chi connectivity index (χ0) is 18.8. The van der Waals surface area contributed by atoms with E-state index in [0.29, 0.717) is 25.8 Å². The van der Waals surface area contributed by atoms with Crippen molar-refractivity contribution in [3.05, 3.63) is 82.9 Å². The third-order valence-electron chi connectivity index (χ3n) is 4.80. The van der Waals surface area contributed by atoms with Gasteiger partial charge in [0.1, 0.15) is 6.23 Å². The van der Waals surface area contributed by atoms with Crippen LogP contribution in [0, 0.1) is 0 Å². The number of aliphatic hydroxyl groups is 1. The molecule has 0 radical (unpaired) electrons. The first-order valence-electron chi connectivity index (χ1n) is 9.00. The monoisotopic (exact) mass is 362 g/mol. The van der Waals surface area contributed by atoms with Crippen LogP contribution in [-0.2, 0) is 30.6 Å². The summed E-state index contributed by atoms with van der Waals surface area (Å²) in [6.45, 7) is 0.604. The van der Waals surface area contributed by atoms with Gasteiger partial charge in [-0.1, -0.05) is 42.5 Å². The highest BCUT2D eigenvalue weighted by atomic mass is 16.3. The van der Waals surface area contributed by atoms with Gasteiger partial charge >= 0.3 is 0 Å². The van der Waals surface area contributed by atoms with Crippen LogP contribution in [0.1, 0.15) is 28.1 Å². The highest BCUT2D eigenvalue weighted by molar-refractivity contribution is 5.99. The number of carbonyl (C=O) groups is 1. The Balaban J connectivity index is 1.60. The summed E-state index contributed by atoms with van der Waals surface area (Å²) in [6, 6.07) is 16.1. The molecule has 1 unspecified atom stereocenters. The second kappa shape index (κ2) is 7.34. The molecule has 6 nitrogen and oxygen atoms in total. The standard InChI is InChI=1S/C21H22N4O2/c22-20(26)11-19-18(8-14-4-2-1-3-5-14)23-13-25(19)12-15-6-7-16-10-21(27)24-17(16)9-15/h1-7,9,13,20,26H,8,10-12,22H2,(H,24,27). The molecular weight excluding hydrogens is 340 g/mol. The topological polar surface area (TPSA) is 93.2 Å². The zero-order valence-electron chi connectivity index (χ0n) is 14.9. The van der Waals surface area contributed by atoms with Crippen LogP contribution >= 0.6 is 0 Å². The number of amides is 1. The maximum absolute atomic E-state index is 11.6. The van der Waals surface area contributed by atoms with E-state index in [0.717, 1.165) is 33.8 Å². The molecule has 138 valence electrons. The van der Waals surface area contributed by atoms with Crippen molar-refractivity contribution < 1.29 is 9.90 Å². The number of nitrogens with zero attached hydrogens (tertiary/aromatic N) is 2. The van der Waals surface area contributed by atoms with Gasteiger partial charge in [0, 0.05) is 30.8 Å². The molecule has 4 N–H and O–H groups in total. The number of rotatable bonds is 6. The van der Waals surface area contributed by atoms with Crippen LogP contribution in [0.5, 0.6) is 0 Å². The Labute approximate surface area is 157 Å². The van der Waals surface area contributed by atoms with Gasteiger partial charge in [0.2, 0.25) is 5.91 Å². The molecule has 3 aromatic rings. The SMILES string of the molecule is NC(O)Cc1c(Cc2ccccc2)ncn1Cc1ccc2c(c1)NC(=O)C2. The van der Waals surface area contributed by atoms with Crippen LogP contribution in [-0.4, -0.2) is 26.8 Å². The van der Waals surface area contributed by atoms with E-state index in [2.05, 4.69) is 22.4 Å². The normalized spacial score (nSPS) is 14.1. The van der Waals surface area contributed by atoms with Gasteiger partial charge in [-0.05, 0) is 22.8 Å². The van der Waals surface area contributed by atoms with E-state index in [1.807, 2.05) is 41.0 Å². The number of imidazole rings is 1. The summed E-state index contributed by atoms with van der Waals surface area (Å²) < 4.78 is 2.02. The molecule has 0 saturated carbocycles. The van der Waals surface area contributed by atoms with Crippen molar-refractivity contribution >= 4 is 11.6 Å². The van der Waals surface area contributed by atoms with E-state index in [1.54, 1.807) is 6.33 Å². The summed E-state index contributed by atoms with van der Waals surface area (Å²) in [5.74, 6) is 0.0295. The van der Waals surface area contributed by atoms with Gasteiger partial charge in [-0.2, -0.15) is 0 Å². The molecule has 0 bridgehead atoms. The summed E-state index contributed by atoms with van der Waals surface area (Å²) in [4.78, 5) is 16.1. The Hall–Kier alpha value is -2.96. The van der Waals surface area contributed by atoms with Crippen molar-refractivity contribution in [3.63, 3.8) is 0 Å². The van der Waals surface area contributed by atoms with Crippen LogP contribution in [0.4, 0.5) is 5.69 Å². The molecule has 6 heteroatoms. The molecule has 1 atom stereocenters. The summed E-state index contributed by atoms with van der Waals surface area (Å²) in [7, 11) is 0. The number of nitrogens with one attached hydrogen (secondary N) is 1. The maximum atomic E-state index is 11.6. The minimum absolute atomic E-state index is 0.0295. The Kier molecular flexibility index (Phi) is 4.75. The summed E-state index contributed by atoms with van der Waals surface area (Å²) >= 11 is 0. The Morgan fingerprint density at radius 3 is 2.78 bits per heavy atom.